The molecule has 0 saturated heterocycles. The van der Waals surface area contributed by atoms with E-state index >= 15 is 0 Å². The Morgan fingerprint density at radius 1 is 1.25 bits per heavy atom. The minimum absolute atomic E-state index is 0.0250. The molecule has 2 rings (SSSR count). The molecular formula is C14H16BrF3SSi. The summed E-state index contributed by atoms with van der Waals surface area (Å²) in [5.74, 6) is 0. The summed E-state index contributed by atoms with van der Waals surface area (Å²) < 4.78 is 41.0. The SMILES string of the molecule is C[Si](C)(C)C1=CCC(c2cccc(Br)c2)(C(F)(F)F)S1. The molecule has 1 aromatic rings. The van der Waals surface area contributed by atoms with Crippen molar-refractivity contribution in [3.05, 3.63) is 44.9 Å². The van der Waals surface area contributed by atoms with E-state index in [0.717, 1.165) is 16.3 Å². The molecule has 0 spiro atoms. The average molecular weight is 381 g/mol. The van der Waals surface area contributed by atoms with Gasteiger partial charge in [0.15, 0.2) is 0 Å². The molecule has 0 saturated carbocycles. The van der Waals surface area contributed by atoms with Crippen molar-refractivity contribution in [3.8, 4) is 0 Å². The Kier molecular flexibility index (Phi) is 4.21. The summed E-state index contributed by atoms with van der Waals surface area (Å²) in [5, 5.41) is 0. The van der Waals surface area contributed by atoms with Gasteiger partial charge in [-0.1, -0.05) is 53.8 Å². The molecule has 1 aliphatic rings. The fraction of sp³-hybridized carbons (Fsp3) is 0.429. The van der Waals surface area contributed by atoms with Gasteiger partial charge in [-0.2, -0.15) is 13.2 Å². The van der Waals surface area contributed by atoms with Crippen LogP contribution in [0.15, 0.2) is 39.3 Å². The second-order valence-corrected chi connectivity index (χ2v) is 13.6. The summed E-state index contributed by atoms with van der Waals surface area (Å²) in [6, 6.07) is 6.58. The molecule has 1 heterocycles. The maximum absolute atomic E-state index is 13.7. The summed E-state index contributed by atoms with van der Waals surface area (Å²) in [4.78, 5) is 0. The molecule has 6 heteroatoms. The Balaban J connectivity index is 2.47. The molecule has 0 amide bonds. The van der Waals surface area contributed by atoms with Gasteiger partial charge in [0.2, 0.25) is 0 Å². The van der Waals surface area contributed by atoms with Gasteiger partial charge in [0.25, 0.3) is 0 Å². The molecule has 1 unspecified atom stereocenters. The van der Waals surface area contributed by atoms with Crippen LogP contribution in [-0.2, 0) is 4.75 Å². The van der Waals surface area contributed by atoms with Gasteiger partial charge < -0.3 is 0 Å². The van der Waals surface area contributed by atoms with Gasteiger partial charge in [-0.05, 0) is 28.6 Å². The average Bonchev–Trinajstić information content (AvgIpc) is 2.73. The number of rotatable bonds is 2. The van der Waals surface area contributed by atoms with Crippen LogP contribution >= 0.6 is 27.7 Å². The molecule has 0 fully saturated rings. The quantitative estimate of drug-likeness (QED) is 0.558. The molecule has 1 aromatic carbocycles. The molecule has 1 atom stereocenters. The van der Waals surface area contributed by atoms with E-state index in [2.05, 4.69) is 35.6 Å². The van der Waals surface area contributed by atoms with Crippen molar-refractivity contribution in [2.45, 2.75) is 37.0 Å². The highest BCUT2D eigenvalue weighted by Crippen LogP contribution is 2.60. The largest absolute Gasteiger partial charge is 0.407 e. The van der Waals surface area contributed by atoms with Gasteiger partial charge in [0.05, 0.1) is 8.07 Å². The maximum atomic E-state index is 13.7. The van der Waals surface area contributed by atoms with Crippen LogP contribution in [0.5, 0.6) is 0 Å². The summed E-state index contributed by atoms with van der Waals surface area (Å²) in [5.41, 5.74) is 0.328. The van der Waals surface area contributed by atoms with Crippen molar-refractivity contribution in [2.75, 3.05) is 0 Å². The number of thioether (sulfide) groups is 1. The second kappa shape index (κ2) is 5.21. The van der Waals surface area contributed by atoms with Gasteiger partial charge >= 0.3 is 6.18 Å². The predicted molar refractivity (Wildman–Crippen MR) is 85.5 cm³/mol. The molecule has 0 nitrogen and oxygen atoms in total. The molecule has 0 aromatic heterocycles. The van der Waals surface area contributed by atoms with Crippen molar-refractivity contribution in [1.29, 1.82) is 0 Å². The molecule has 0 bridgehead atoms. The minimum atomic E-state index is -4.27. The number of halogens is 4. The monoisotopic (exact) mass is 380 g/mol. The van der Waals surface area contributed by atoms with Crippen LogP contribution in [0.2, 0.25) is 19.6 Å². The summed E-state index contributed by atoms with van der Waals surface area (Å²) in [6.07, 6.45) is -2.45. The third-order valence-electron chi connectivity index (χ3n) is 3.35. The first-order chi connectivity index (χ1) is 9.06. The van der Waals surface area contributed by atoms with E-state index < -0.39 is 19.0 Å². The van der Waals surface area contributed by atoms with E-state index in [-0.39, 0.29) is 6.42 Å². The van der Waals surface area contributed by atoms with Crippen LogP contribution in [0.25, 0.3) is 0 Å². The van der Waals surface area contributed by atoms with E-state index in [0.29, 0.717) is 10.0 Å². The molecule has 0 aliphatic carbocycles. The highest BCUT2D eigenvalue weighted by atomic mass is 79.9. The maximum Gasteiger partial charge on any atom is 0.407 e. The van der Waals surface area contributed by atoms with Gasteiger partial charge in [0, 0.05) is 4.47 Å². The van der Waals surface area contributed by atoms with Gasteiger partial charge in [-0.25, -0.2) is 0 Å². The van der Waals surface area contributed by atoms with Crippen LogP contribution in [0, 0.1) is 0 Å². The lowest BCUT2D eigenvalue weighted by atomic mass is 9.94. The Labute approximate surface area is 131 Å². The first kappa shape index (κ1) is 16.2. The van der Waals surface area contributed by atoms with E-state index in [1.807, 2.05) is 0 Å². The van der Waals surface area contributed by atoms with Crippen LogP contribution in [0.3, 0.4) is 0 Å². The molecule has 0 N–H and O–H groups in total. The summed E-state index contributed by atoms with van der Waals surface area (Å²) >= 11 is 4.28. The van der Waals surface area contributed by atoms with Gasteiger partial charge in [-0.3, -0.25) is 0 Å². The van der Waals surface area contributed by atoms with Gasteiger partial charge in [0.1, 0.15) is 4.75 Å². The van der Waals surface area contributed by atoms with Crippen molar-refractivity contribution in [1.82, 2.24) is 0 Å². The van der Waals surface area contributed by atoms with Crippen molar-refractivity contribution in [2.24, 2.45) is 0 Å². The smallest absolute Gasteiger partial charge is 0.169 e. The van der Waals surface area contributed by atoms with Gasteiger partial charge in [-0.15, -0.1) is 11.8 Å². The topological polar surface area (TPSA) is 0 Å². The Morgan fingerprint density at radius 2 is 1.90 bits per heavy atom. The third-order valence-corrected chi connectivity index (χ3v) is 9.04. The standard InChI is InChI=1S/C14H16BrF3SSi/c1-20(2,3)12-7-8-13(19-12,14(16,17)18)10-5-4-6-11(15)9-10/h4-7,9H,8H2,1-3H3. The normalized spacial score (nSPS) is 23.9. The minimum Gasteiger partial charge on any atom is -0.169 e. The zero-order chi connectivity index (χ0) is 15.2. The Bertz CT molecular complexity index is 548. The number of hydrogen-bond acceptors (Lipinski definition) is 1. The zero-order valence-electron chi connectivity index (χ0n) is 11.5. The van der Waals surface area contributed by atoms with Crippen molar-refractivity contribution >= 4 is 35.8 Å². The van der Waals surface area contributed by atoms with Crippen molar-refractivity contribution < 1.29 is 13.2 Å². The first-order valence-electron chi connectivity index (χ1n) is 6.29. The summed E-state index contributed by atoms with van der Waals surface area (Å²) in [7, 11) is -1.73. The zero-order valence-corrected chi connectivity index (χ0v) is 14.9. The summed E-state index contributed by atoms with van der Waals surface area (Å²) in [6.45, 7) is 6.25. The number of allylic oxidation sites excluding steroid dienone is 1. The Hall–Kier alpha value is -0.203. The molecular weight excluding hydrogens is 365 g/mol. The fourth-order valence-electron chi connectivity index (χ4n) is 2.22. The van der Waals surface area contributed by atoms with E-state index in [9.17, 15) is 13.2 Å². The molecule has 0 radical (unpaired) electrons. The molecule has 1 aliphatic heterocycles. The first-order valence-corrected chi connectivity index (χ1v) is 11.4. The fourth-order valence-corrected chi connectivity index (χ4v) is 6.15. The van der Waals surface area contributed by atoms with Crippen LogP contribution in [-0.4, -0.2) is 14.3 Å². The Morgan fingerprint density at radius 3 is 2.35 bits per heavy atom. The number of hydrogen-bond donors (Lipinski definition) is 0. The highest BCUT2D eigenvalue weighted by Gasteiger charge is 2.59. The number of benzene rings is 1. The molecule has 110 valence electrons. The number of alkyl halides is 3. The lowest BCUT2D eigenvalue weighted by Gasteiger charge is -2.33. The third kappa shape index (κ3) is 2.87. The van der Waals surface area contributed by atoms with Crippen LogP contribution in [0.4, 0.5) is 13.2 Å². The highest BCUT2D eigenvalue weighted by molar-refractivity contribution is 9.10. The van der Waals surface area contributed by atoms with E-state index in [1.54, 1.807) is 30.3 Å². The van der Waals surface area contributed by atoms with Crippen molar-refractivity contribution in [3.63, 3.8) is 0 Å². The van der Waals surface area contributed by atoms with Crippen LogP contribution in [0.1, 0.15) is 12.0 Å². The van der Waals surface area contributed by atoms with E-state index in [1.165, 1.54) is 0 Å². The second-order valence-electron chi connectivity index (χ2n) is 5.96. The molecule has 20 heavy (non-hydrogen) atoms. The lowest BCUT2D eigenvalue weighted by Crippen LogP contribution is -2.38. The predicted octanol–water partition coefficient (Wildman–Crippen LogP) is 6.10. The lowest BCUT2D eigenvalue weighted by molar-refractivity contribution is -0.160. The van der Waals surface area contributed by atoms with E-state index in [4.69, 9.17) is 0 Å². The van der Waals surface area contributed by atoms with Crippen LogP contribution < -0.4 is 0 Å².